The molecule has 0 saturated carbocycles. The Balaban J connectivity index is 2.43. The molecular weight excluding hydrogens is 410 g/mol. The molecule has 1 saturated heterocycles. The fourth-order valence-electron chi connectivity index (χ4n) is 5.12. The zero-order valence-electron chi connectivity index (χ0n) is 19.8. The Labute approximate surface area is 193 Å². The molecule has 3 rings (SSSR count). The summed E-state index contributed by atoms with van der Waals surface area (Å²) in [5.74, 6) is -4.89. The van der Waals surface area contributed by atoms with Crippen LogP contribution in [0.25, 0.3) is 0 Å². The van der Waals surface area contributed by atoms with E-state index in [-0.39, 0.29) is 11.0 Å². The highest BCUT2D eigenvalue weighted by molar-refractivity contribution is 6.59. The number of benzene rings is 1. The minimum atomic E-state index is -2.90. The van der Waals surface area contributed by atoms with Gasteiger partial charge in [0.25, 0.3) is 11.8 Å². The number of phenols is 1. The number of anilines is 1. The molecule has 1 aromatic carbocycles. The van der Waals surface area contributed by atoms with Crippen LogP contribution in [-0.2, 0) is 14.9 Å². The van der Waals surface area contributed by atoms with Crippen LogP contribution in [0.1, 0.15) is 15.9 Å². The Hall–Kier alpha value is -2.14. The zero-order valence-corrected chi connectivity index (χ0v) is 19.8. The van der Waals surface area contributed by atoms with E-state index in [0.717, 1.165) is 20.7 Å². The van der Waals surface area contributed by atoms with E-state index < -0.39 is 56.6 Å². The van der Waals surface area contributed by atoms with Crippen molar-refractivity contribution in [1.82, 2.24) is 9.71 Å². The van der Waals surface area contributed by atoms with E-state index in [0.29, 0.717) is 10.5 Å². The topological polar surface area (TPSA) is 122 Å². The molecule has 1 aromatic rings. The molecule has 1 fully saturated rings. The maximum Gasteiger partial charge on any atom is 0.272 e. The van der Waals surface area contributed by atoms with Crippen molar-refractivity contribution < 1.29 is 34.1 Å². The predicted molar refractivity (Wildman–Crippen MR) is 139 cm³/mol. The molecule has 2 aliphatic heterocycles. The summed E-state index contributed by atoms with van der Waals surface area (Å²) in [6.07, 6.45) is 0. The van der Waals surface area contributed by atoms with Crippen molar-refractivity contribution in [2.24, 2.45) is 0 Å². The largest absolute Gasteiger partial charge is 0.504 e. The third-order valence-corrected chi connectivity index (χ3v) is 7.31. The maximum atomic E-state index is 14.9. The monoisotopic (exact) mass is 433 g/mol. The first kappa shape index (κ1) is 24.5. The molecule has 0 bridgehead atoms. The Kier molecular flexibility index (Phi) is 5.13. The molecule has 0 radical (unpaired) electrons. The van der Waals surface area contributed by atoms with E-state index >= 15 is 0 Å². The summed E-state index contributed by atoms with van der Waals surface area (Å²) < 4.78 is 16.5. The molecule has 2 aliphatic rings. The van der Waals surface area contributed by atoms with Gasteiger partial charge in [-0.05, 0) is 11.0 Å². The van der Waals surface area contributed by atoms with Gasteiger partial charge in [-0.25, -0.2) is 4.39 Å². The number of carbonyl (C=O) groups excluding carboxylic acids is 3. The van der Waals surface area contributed by atoms with Gasteiger partial charge in [0.05, 0.1) is 11.1 Å². The van der Waals surface area contributed by atoms with Gasteiger partial charge in [0.1, 0.15) is 47.1 Å². The summed E-state index contributed by atoms with van der Waals surface area (Å²) in [6, 6.07) is 0. The third-order valence-electron chi connectivity index (χ3n) is 7.31. The van der Waals surface area contributed by atoms with Crippen LogP contribution in [0.5, 0.6) is 5.75 Å². The number of piperidine rings is 1. The van der Waals surface area contributed by atoms with Crippen molar-refractivity contribution in [2.45, 2.75) is 21.8 Å². The molecule has 3 N–H and O–H groups in total. The molecule has 3 amide bonds. The molecule has 0 aromatic heterocycles. The number of hydrogen-bond acceptors (Lipinski definition) is 7. The van der Waals surface area contributed by atoms with E-state index in [2.05, 4.69) is 0 Å². The summed E-state index contributed by atoms with van der Waals surface area (Å²) in [4.78, 5) is 41.2. The Morgan fingerprint density at radius 1 is 0.969 bits per heavy atom. The predicted octanol–water partition coefficient (Wildman–Crippen LogP) is -11.2. The highest BCUT2D eigenvalue weighted by Crippen LogP contribution is 2.53. The fourth-order valence-corrected chi connectivity index (χ4v) is 5.12. The SMILES string of the molecule is Bc1c(F)c(O)c2c(c1N(B)B)C(B)(B)N(C1(O)C(=O)N(B)C(=O)C(B)(B)C1(B)O)C2=O. The minimum Gasteiger partial charge on any atom is -0.504 e. The van der Waals surface area contributed by atoms with Gasteiger partial charge in [0.2, 0.25) is 35.6 Å². The number of aliphatic hydroxyl groups is 2. The van der Waals surface area contributed by atoms with E-state index in [1.54, 1.807) is 20.7 Å². The summed E-state index contributed by atoms with van der Waals surface area (Å²) in [6.45, 7) is 0. The van der Waals surface area contributed by atoms with Gasteiger partial charge < -0.3 is 29.8 Å². The number of halogens is 1. The first-order valence-electron chi connectivity index (χ1n) is 10.2. The lowest BCUT2D eigenvalue weighted by Gasteiger charge is -2.60. The fraction of sp³-hybridized carbons (Fsp3) is 0.308. The first-order valence-corrected chi connectivity index (χ1v) is 10.2. The van der Waals surface area contributed by atoms with Crippen molar-refractivity contribution >= 4 is 99.9 Å². The van der Waals surface area contributed by atoms with Crippen molar-refractivity contribution in [2.75, 3.05) is 4.72 Å². The number of imide groups is 1. The number of phenolic OH excluding ortho intramolecular Hbond substituents is 1. The van der Waals surface area contributed by atoms with E-state index in [1.807, 2.05) is 0 Å². The van der Waals surface area contributed by atoms with Crippen LogP contribution >= 0.6 is 0 Å². The molecule has 19 heteroatoms. The van der Waals surface area contributed by atoms with Crippen molar-refractivity contribution in [3.63, 3.8) is 0 Å². The first-order chi connectivity index (χ1) is 14.3. The molecule has 158 valence electrons. The second kappa shape index (κ2) is 6.69. The Morgan fingerprint density at radius 2 is 1.47 bits per heavy atom. The lowest BCUT2D eigenvalue weighted by molar-refractivity contribution is -0.217. The number of fused-ring (bicyclic) bond motifs is 1. The molecule has 32 heavy (non-hydrogen) atoms. The van der Waals surface area contributed by atoms with Crippen LogP contribution in [-0.4, -0.2) is 125 Å². The van der Waals surface area contributed by atoms with Gasteiger partial charge in [-0.3, -0.25) is 14.4 Å². The van der Waals surface area contributed by atoms with Gasteiger partial charge in [0, 0.05) is 16.2 Å². The number of carbonyl (C=O) groups is 3. The van der Waals surface area contributed by atoms with Crippen molar-refractivity contribution in [3.05, 3.63) is 16.9 Å². The summed E-state index contributed by atoms with van der Waals surface area (Å²) in [5, 5.41) is 30.7. The summed E-state index contributed by atoms with van der Waals surface area (Å²) in [5.41, 5.74) is -5.17. The number of aromatic hydroxyl groups is 1. The van der Waals surface area contributed by atoms with Crippen LogP contribution in [0.15, 0.2) is 0 Å². The van der Waals surface area contributed by atoms with E-state index in [4.69, 9.17) is 0 Å². The van der Waals surface area contributed by atoms with Crippen LogP contribution < -0.4 is 10.2 Å². The number of amides is 3. The summed E-state index contributed by atoms with van der Waals surface area (Å²) in [7, 11) is 12.7. The maximum absolute atomic E-state index is 14.9. The van der Waals surface area contributed by atoms with Crippen molar-refractivity contribution in [3.8, 4) is 5.75 Å². The Bertz CT molecular complexity index is 1100. The summed E-state index contributed by atoms with van der Waals surface area (Å²) >= 11 is 0. The smallest absolute Gasteiger partial charge is 0.272 e. The van der Waals surface area contributed by atoms with Crippen LogP contribution in [0.4, 0.5) is 10.1 Å². The number of hydrogen-bond donors (Lipinski definition) is 3. The van der Waals surface area contributed by atoms with Gasteiger partial charge in [0.15, 0.2) is 11.6 Å². The molecule has 9 nitrogen and oxygen atoms in total. The number of rotatable bonds is 2. The molecule has 0 spiro atoms. The van der Waals surface area contributed by atoms with Crippen LogP contribution in [0.3, 0.4) is 0 Å². The van der Waals surface area contributed by atoms with Gasteiger partial charge in [-0.1, -0.05) is 0 Å². The quantitative estimate of drug-likeness (QED) is 0.314. The second-order valence-electron chi connectivity index (χ2n) is 10.0. The zero-order chi connectivity index (χ0) is 24.9. The third kappa shape index (κ3) is 2.49. The standard InChI is InChI=1S/C13H21B9FN3O6/c14-3-4(23)6(27)1-2(5(3)26(21)22)12(17,18)25(7(1)28)11(31)9(30)24(20)8(29)10(15,16)13(11,19)32/h27,31-32H,14-22H2. The Morgan fingerprint density at radius 3 is 1.94 bits per heavy atom. The molecule has 2 unspecified atom stereocenters. The number of nitrogens with zero attached hydrogens (tertiary/aromatic N) is 3. The van der Waals surface area contributed by atoms with Crippen LogP contribution in [0, 0.1) is 5.82 Å². The minimum absolute atomic E-state index is 0.0790. The second-order valence-corrected chi connectivity index (χ2v) is 10.0. The average Bonchev–Trinajstić information content (AvgIpc) is 2.88. The van der Waals surface area contributed by atoms with E-state index in [1.165, 1.54) is 39.2 Å². The van der Waals surface area contributed by atoms with E-state index in [9.17, 15) is 34.1 Å². The molecule has 2 atom stereocenters. The normalized spacial score (nSPS) is 28.7. The molecule has 0 aliphatic carbocycles. The molecular formula is C13H21B9FN3O6. The van der Waals surface area contributed by atoms with Gasteiger partial charge in [-0.2, -0.15) is 0 Å². The lowest BCUT2D eigenvalue weighted by Crippen LogP contribution is -2.83. The average molecular weight is 432 g/mol. The van der Waals surface area contributed by atoms with Gasteiger partial charge in [-0.15, -0.1) is 0 Å². The van der Waals surface area contributed by atoms with Gasteiger partial charge >= 0.3 is 0 Å². The molecule has 2 heterocycles. The lowest BCUT2D eigenvalue weighted by atomic mass is 9.36. The highest BCUT2D eigenvalue weighted by Gasteiger charge is 2.73. The van der Waals surface area contributed by atoms with Crippen LogP contribution in [0.2, 0.25) is 5.21 Å². The highest BCUT2D eigenvalue weighted by atomic mass is 19.1. The van der Waals surface area contributed by atoms with Crippen molar-refractivity contribution in [1.29, 1.82) is 0 Å².